The molecule has 1 saturated carbocycles. The maximum Gasteiger partial charge on any atom is 0.244 e. The molecule has 2 rings (SSSR count). The van der Waals surface area contributed by atoms with Gasteiger partial charge in [-0.25, -0.2) is 13.1 Å². The lowest BCUT2D eigenvalue weighted by molar-refractivity contribution is 0.483. The van der Waals surface area contributed by atoms with Gasteiger partial charge in [0.2, 0.25) is 10.0 Å². The normalized spacial score (nSPS) is 16.1. The first-order valence-electron chi connectivity index (χ1n) is 6.01. The van der Waals surface area contributed by atoms with Gasteiger partial charge in [0.1, 0.15) is 10.7 Å². The third kappa shape index (κ3) is 3.57. The van der Waals surface area contributed by atoms with Crippen LogP contribution in [-0.4, -0.2) is 15.0 Å². The molecule has 1 aliphatic carbocycles. The zero-order valence-corrected chi connectivity index (χ0v) is 12.4. The number of hydrogen-bond donors (Lipinski definition) is 2. The molecule has 102 valence electrons. The largest absolute Gasteiger partial charge is 0.452 e. The quantitative estimate of drug-likeness (QED) is 0.745. The summed E-state index contributed by atoms with van der Waals surface area (Å²) < 4.78 is 32.0. The summed E-state index contributed by atoms with van der Waals surface area (Å²) in [5.74, 6) is 1.26. The molecular weight excluding hydrogens is 320 g/mol. The summed E-state index contributed by atoms with van der Waals surface area (Å²) >= 11 is 3.09. The third-order valence-corrected chi connectivity index (χ3v) is 5.29. The Balaban J connectivity index is 1.93. The van der Waals surface area contributed by atoms with E-state index in [1.807, 2.05) is 0 Å². The highest BCUT2D eigenvalue weighted by atomic mass is 79.9. The fourth-order valence-corrected chi connectivity index (χ4v) is 3.83. The first-order chi connectivity index (χ1) is 8.53. The van der Waals surface area contributed by atoms with E-state index in [-0.39, 0.29) is 16.1 Å². The van der Waals surface area contributed by atoms with E-state index < -0.39 is 10.0 Å². The Bertz CT molecular complexity index is 508. The predicted molar refractivity (Wildman–Crippen MR) is 71.4 cm³/mol. The molecule has 3 N–H and O–H groups in total. The smallest absolute Gasteiger partial charge is 0.244 e. The minimum absolute atomic E-state index is 0.120. The molecule has 7 heteroatoms. The molecule has 1 fully saturated rings. The SMILES string of the molecule is NCc1cc(S(=O)(=O)NCCCC2CC2)c(Br)o1. The van der Waals surface area contributed by atoms with Gasteiger partial charge in [0.15, 0.2) is 4.67 Å². The highest BCUT2D eigenvalue weighted by molar-refractivity contribution is 9.10. The molecule has 0 unspecified atom stereocenters. The lowest BCUT2D eigenvalue weighted by Crippen LogP contribution is -2.24. The van der Waals surface area contributed by atoms with Crippen molar-refractivity contribution in [3.05, 3.63) is 16.5 Å². The van der Waals surface area contributed by atoms with Crippen molar-refractivity contribution in [2.75, 3.05) is 6.54 Å². The van der Waals surface area contributed by atoms with Gasteiger partial charge in [-0.1, -0.05) is 12.8 Å². The Morgan fingerprint density at radius 1 is 1.50 bits per heavy atom. The first-order valence-corrected chi connectivity index (χ1v) is 8.28. The van der Waals surface area contributed by atoms with E-state index >= 15 is 0 Å². The fraction of sp³-hybridized carbons (Fsp3) is 0.636. The Hall–Kier alpha value is -0.370. The van der Waals surface area contributed by atoms with Crippen LogP contribution >= 0.6 is 15.9 Å². The van der Waals surface area contributed by atoms with Crippen molar-refractivity contribution in [2.24, 2.45) is 11.7 Å². The number of halogens is 1. The van der Waals surface area contributed by atoms with Crippen molar-refractivity contribution in [3.8, 4) is 0 Å². The molecule has 18 heavy (non-hydrogen) atoms. The van der Waals surface area contributed by atoms with Crippen molar-refractivity contribution in [2.45, 2.75) is 37.1 Å². The molecule has 1 aromatic heterocycles. The van der Waals surface area contributed by atoms with E-state index in [2.05, 4.69) is 20.7 Å². The second kappa shape index (κ2) is 5.73. The van der Waals surface area contributed by atoms with Crippen LogP contribution in [0.15, 0.2) is 20.0 Å². The average Bonchev–Trinajstić information content (AvgIpc) is 3.06. The highest BCUT2D eigenvalue weighted by Gasteiger charge is 2.23. The van der Waals surface area contributed by atoms with Gasteiger partial charge in [0, 0.05) is 12.6 Å². The van der Waals surface area contributed by atoms with Gasteiger partial charge in [-0.05, 0) is 34.7 Å². The summed E-state index contributed by atoms with van der Waals surface area (Å²) in [6.45, 7) is 0.643. The molecule has 1 aromatic rings. The van der Waals surface area contributed by atoms with Gasteiger partial charge < -0.3 is 10.2 Å². The number of sulfonamides is 1. The Kier molecular flexibility index (Phi) is 4.47. The average molecular weight is 337 g/mol. The van der Waals surface area contributed by atoms with E-state index in [0.717, 1.165) is 18.8 Å². The summed E-state index contributed by atoms with van der Waals surface area (Å²) in [7, 11) is -3.50. The Morgan fingerprint density at radius 2 is 2.22 bits per heavy atom. The fourth-order valence-electron chi connectivity index (χ4n) is 1.76. The van der Waals surface area contributed by atoms with Crippen LogP contribution in [0.25, 0.3) is 0 Å². The van der Waals surface area contributed by atoms with Crippen molar-refractivity contribution in [3.63, 3.8) is 0 Å². The van der Waals surface area contributed by atoms with Crippen LogP contribution in [0.5, 0.6) is 0 Å². The highest BCUT2D eigenvalue weighted by Crippen LogP contribution is 2.33. The Morgan fingerprint density at radius 3 is 2.78 bits per heavy atom. The number of hydrogen-bond acceptors (Lipinski definition) is 4. The summed E-state index contributed by atoms with van der Waals surface area (Å²) in [6.07, 6.45) is 4.56. The van der Waals surface area contributed by atoms with E-state index in [1.54, 1.807) is 0 Å². The van der Waals surface area contributed by atoms with Crippen LogP contribution < -0.4 is 10.5 Å². The molecule has 0 amide bonds. The van der Waals surface area contributed by atoms with E-state index in [9.17, 15) is 8.42 Å². The second-order valence-corrected chi connectivity index (χ2v) is 6.99. The lowest BCUT2D eigenvalue weighted by Gasteiger charge is -2.04. The van der Waals surface area contributed by atoms with Crippen molar-refractivity contribution in [1.29, 1.82) is 0 Å². The maximum atomic E-state index is 12.0. The Labute approximate surface area is 115 Å². The standard InChI is InChI=1S/C11H17BrN2O3S/c12-11-10(6-9(7-13)17-11)18(15,16)14-5-1-2-8-3-4-8/h6,8,14H,1-5,7,13H2. The van der Waals surface area contributed by atoms with E-state index in [0.29, 0.717) is 12.3 Å². The van der Waals surface area contributed by atoms with Crippen LogP contribution in [0.3, 0.4) is 0 Å². The van der Waals surface area contributed by atoms with E-state index in [4.69, 9.17) is 10.2 Å². The van der Waals surface area contributed by atoms with Gasteiger partial charge in [0.05, 0.1) is 6.54 Å². The zero-order valence-electron chi connectivity index (χ0n) is 9.99. The molecule has 1 aliphatic rings. The second-order valence-electron chi connectivity index (χ2n) is 4.54. The summed E-state index contributed by atoms with van der Waals surface area (Å²) in [5.41, 5.74) is 5.41. The van der Waals surface area contributed by atoms with E-state index in [1.165, 1.54) is 18.9 Å². The van der Waals surface area contributed by atoms with Crippen LogP contribution in [-0.2, 0) is 16.6 Å². The molecule has 0 saturated heterocycles. The molecule has 0 atom stereocenters. The summed E-state index contributed by atoms with van der Waals surface area (Å²) in [5, 5.41) is 0. The first kappa shape index (κ1) is 14.0. The molecule has 0 aromatic carbocycles. The molecule has 0 bridgehead atoms. The monoisotopic (exact) mass is 336 g/mol. The van der Waals surface area contributed by atoms with Gasteiger partial charge in [0.25, 0.3) is 0 Å². The van der Waals surface area contributed by atoms with Crippen molar-refractivity contribution >= 4 is 26.0 Å². The molecular formula is C11H17BrN2O3S. The van der Waals surface area contributed by atoms with Gasteiger partial charge in [-0.15, -0.1) is 0 Å². The maximum absolute atomic E-state index is 12.0. The molecule has 0 radical (unpaired) electrons. The molecule has 0 aliphatic heterocycles. The van der Waals surface area contributed by atoms with Crippen LogP contribution in [0.1, 0.15) is 31.4 Å². The summed E-state index contributed by atoms with van der Waals surface area (Å²) in [4.78, 5) is 0.120. The van der Waals surface area contributed by atoms with Gasteiger partial charge in [-0.3, -0.25) is 0 Å². The molecule has 5 nitrogen and oxygen atoms in total. The van der Waals surface area contributed by atoms with Crippen LogP contribution in [0.4, 0.5) is 0 Å². The minimum Gasteiger partial charge on any atom is -0.452 e. The van der Waals surface area contributed by atoms with Crippen LogP contribution in [0, 0.1) is 5.92 Å². The predicted octanol–water partition coefficient (Wildman–Crippen LogP) is 1.97. The van der Waals surface area contributed by atoms with Crippen LogP contribution in [0.2, 0.25) is 0 Å². The minimum atomic E-state index is -3.50. The number of rotatable bonds is 7. The van der Waals surface area contributed by atoms with Crippen molar-refractivity contribution in [1.82, 2.24) is 4.72 Å². The molecule has 1 heterocycles. The zero-order chi connectivity index (χ0) is 13.2. The third-order valence-electron chi connectivity index (χ3n) is 2.98. The summed E-state index contributed by atoms with van der Waals surface area (Å²) in [6, 6.07) is 1.45. The number of nitrogens with two attached hydrogens (primary N) is 1. The topological polar surface area (TPSA) is 85.3 Å². The number of furan rings is 1. The van der Waals surface area contributed by atoms with Crippen molar-refractivity contribution < 1.29 is 12.8 Å². The van der Waals surface area contributed by atoms with Gasteiger partial charge >= 0.3 is 0 Å². The lowest BCUT2D eigenvalue weighted by atomic mass is 10.2. The van der Waals surface area contributed by atoms with Gasteiger partial charge in [-0.2, -0.15) is 0 Å². The number of nitrogens with one attached hydrogen (secondary N) is 1. The molecule has 0 spiro atoms.